The summed E-state index contributed by atoms with van der Waals surface area (Å²) in [5, 5.41) is 7.30. The predicted molar refractivity (Wildman–Crippen MR) is 151 cm³/mol. The molecule has 0 aliphatic rings. The van der Waals surface area contributed by atoms with E-state index in [1.54, 1.807) is 6.20 Å². The van der Waals surface area contributed by atoms with Gasteiger partial charge in [-0.25, -0.2) is 9.78 Å². The summed E-state index contributed by atoms with van der Waals surface area (Å²) < 4.78 is 20.8. The first-order chi connectivity index (χ1) is 16.6. The number of amides is 1. The van der Waals surface area contributed by atoms with E-state index in [9.17, 15) is 4.79 Å². The molecule has 2 heterocycles. The largest absolute Gasteiger partial charge is 0.444 e. The van der Waals surface area contributed by atoms with Crippen LogP contribution >= 0.6 is 22.6 Å². The average Bonchev–Trinajstić information content (AvgIpc) is 3.40. The minimum atomic E-state index is -2.07. The van der Waals surface area contributed by atoms with Crippen molar-refractivity contribution in [2.24, 2.45) is 0 Å². The van der Waals surface area contributed by atoms with Gasteiger partial charge in [0.05, 0.1) is 0 Å². The number of benzene rings is 1. The molecule has 0 fully saturated rings. The lowest BCUT2D eigenvalue weighted by Crippen LogP contribution is -2.42. The number of halogens is 1. The predicted octanol–water partition coefficient (Wildman–Crippen LogP) is 7.30. The topological polar surface area (TPSA) is 91.4 Å². The first-order valence-electron chi connectivity index (χ1n) is 12.0. The molecule has 36 heavy (non-hydrogen) atoms. The van der Waals surface area contributed by atoms with E-state index >= 15 is 0 Å². The van der Waals surface area contributed by atoms with Crippen LogP contribution in [-0.2, 0) is 9.16 Å². The molecule has 0 radical (unpaired) electrons. The Morgan fingerprint density at radius 1 is 1.14 bits per heavy atom. The lowest BCUT2D eigenvalue weighted by atomic mass is 10.1. The highest BCUT2D eigenvalue weighted by molar-refractivity contribution is 14.1. The van der Waals surface area contributed by atoms with Crippen molar-refractivity contribution in [2.45, 2.75) is 84.5 Å². The average molecular weight is 625 g/mol. The van der Waals surface area contributed by atoms with Gasteiger partial charge in [0, 0.05) is 27.6 Å². The van der Waals surface area contributed by atoms with Crippen molar-refractivity contribution in [3.05, 3.63) is 57.8 Å². The highest BCUT2D eigenvalue weighted by Crippen LogP contribution is 2.39. The number of carbonyl (C=O) groups is 1. The van der Waals surface area contributed by atoms with Gasteiger partial charge in [0.25, 0.3) is 0 Å². The van der Waals surface area contributed by atoms with Crippen LogP contribution < -0.4 is 5.32 Å². The SMILES string of the molecule is C[C@H](O[Si](C)(C)C(C)(C)C)c1nccn1[C@H](NC(=O)OC(C)(C)C)c1cc(-c2ccc(I)cc2)on1. The van der Waals surface area contributed by atoms with Crippen LogP contribution in [0.2, 0.25) is 18.1 Å². The Morgan fingerprint density at radius 2 is 1.78 bits per heavy atom. The second kappa shape index (κ2) is 10.7. The van der Waals surface area contributed by atoms with Gasteiger partial charge >= 0.3 is 6.09 Å². The summed E-state index contributed by atoms with van der Waals surface area (Å²) in [6.45, 7) is 18.5. The fourth-order valence-electron chi connectivity index (χ4n) is 3.40. The number of nitrogens with zero attached hydrogens (tertiary/aromatic N) is 3. The van der Waals surface area contributed by atoms with Gasteiger partial charge in [0.15, 0.2) is 20.2 Å². The summed E-state index contributed by atoms with van der Waals surface area (Å²) in [5.41, 5.74) is 0.764. The van der Waals surface area contributed by atoms with Gasteiger partial charge < -0.3 is 18.3 Å². The van der Waals surface area contributed by atoms with Gasteiger partial charge in [-0.2, -0.15) is 0 Å². The Labute approximate surface area is 228 Å². The maximum atomic E-state index is 12.8. The van der Waals surface area contributed by atoms with E-state index in [-0.39, 0.29) is 11.1 Å². The van der Waals surface area contributed by atoms with E-state index in [1.807, 2.05) is 68.8 Å². The Hall–Kier alpha value is -2.18. The zero-order valence-corrected chi connectivity index (χ0v) is 25.7. The molecule has 1 amide bonds. The van der Waals surface area contributed by atoms with Crippen molar-refractivity contribution < 1.29 is 18.5 Å². The van der Waals surface area contributed by atoms with Crippen molar-refractivity contribution in [1.29, 1.82) is 0 Å². The Bertz CT molecular complexity index is 1180. The van der Waals surface area contributed by atoms with Crippen LogP contribution in [0.25, 0.3) is 11.3 Å². The normalized spacial score (nSPS) is 14.4. The highest BCUT2D eigenvalue weighted by atomic mass is 127. The summed E-state index contributed by atoms with van der Waals surface area (Å²) in [5.74, 6) is 1.28. The van der Waals surface area contributed by atoms with E-state index in [0.29, 0.717) is 17.3 Å². The molecule has 0 unspecified atom stereocenters. The lowest BCUT2D eigenvalue weighted by Gasteiger charge is -2.38. The fraction of sp³-hybridized carbons (Fsp3) is 0.500. The van der Waals surface area contributed by atoms with Gasteiger partial charge in [0.2, 0.25) is 0 Å². The number of hydrogen-bond acceptors (Lipinski definition) is 6. The maximum Gasteiger partial charge on any atom is 0.409 e. The molecule has 0 bridgehead atoms. The molecule has 2 atom stereocenters. The number of rotatable bonds is 7. The van der Waals surface area contributed by atoms with Crippen molar-refractivity contribution >= 4 is 37.0 Å². The minimum Gasteiger partial charge on any atom is -0.444 e. The third-order valence-electron chi connectivity index (χ3n) is 6.21. The summed E-state index contributed by atoms with van der Waals surface area (Å²) >= 11 is 2.26. The van der Waals surface area contributed by atoms with Crippen molar-refractivity contribution in [2.75, 3.05) is 0 Å². The smallest absolute Gasteiger partial charge is 0.409 e. The van der Waals surface area contributed by atoms with Crippen molar-refractivity contribution in [3.8, 4) is 11.3 Å². The molecule has 1 N–H and O–H groups in total. The van der Waals surface area contributed by atoms with E-state index in [4.69, 9.17) is 13.7 Å². The van der Waals surface area contributed by atoms with Crippen LogP contribution in [0, 0.1) is 3.57 Å². The first-order valence-corrected chi connectivity index (χ1v) is 16.0. The molecule has 3 rings (SSSR count). The molecule has 0 saturated heterocycles. The molecular weight excluding hydrogens is 587 g/mol. The number of ether oxygens (including phenoxy) is 1. The Balaban J connectivity index is 1.98. The quantitative estimate of drug-likeness (QED) is 0.219. The molecule has 0 spiro atoms. The summed E-state index contributed by atoms with van der Waals surface area (Å²) in [6.07, 6.45) is 1.94. The van der Waals surface area contributed by atoms with Crippen molar-refractivity contribution in [3.63, 3.8) is 0 Å². The number of hydrogen-bond donors (Lipinski definition) is 1. The van der Waals surface area contributed by atoms with Crippen LogP contribution in [0.15, 0.2) is 47.2 Å². The number of imidazole rings is 1. The second-order valence-electron chi connectivity index (χ2n) is 11.4. The zero-order chi connectivity index (χ0) is 26.9. The van der Waals surface area contributed by atoms with Gasteiger partial charge in [-0.3, -0.25) is 5.32 Å². The third kappa shape index (κ3) is 6.98. The maximum absolute atomic E-state index is 12.8. The standard InChI is InChI=1S/C26H37IN4O4Si/c1-17(35-36(8,9)26(5,6)7)22-28-14-15-31(22)23(29-24(32)33-25(2,3)4)20-16-21(34-30-20)18-10-12-19(27)13-11-18/h10-17,23H,1-9H3,(H,29,32)/t17-,23-/m0/s1. The molecule has 0 aliphatic heterocycles. The third-order valence-corrected chi connectivity index (χ3v) is 11.5. The van der Waals surface area contributed by atoms with Gasteiger partial charge in [-0.05, 0) is 80.6 Å². The molecule has 0 saturated carbocycles. The highest BCUT2D eigenvalue weighted by Gasteiger charge is 2.39. The Kier molecular flexibility index (Phi) is 8.41. The van der Waals surface area contributed by atoms with Crippen LogP contribution in [0.3, 0.4) is 0 Å². The van der Waals surface area contributed by atoms with E-state index < -0.39 is 26.2 Å². The van der Waals surface area contributed by atoms with Gasteiger partial charge in [-0.15, -0.1) is 0 Å². The van der Waals surface area contributed by atoms with Gasteiger partial charge in [0.1, 0.15) is 23.2 Å². The van der Waals surface area contributed by atoms with Crippen molar-refractivity contribution in [1.82, 2.24) is 20.0 Å². The lowest BCUT2D eigenvalue weighted by molar-refractivity contribution is 0.0489. The first kappa shape index (κ1) is 28.4. The van der Waals surface area contributed by atoms with Crippen LogP contribution in [-0.4, -0.2) is 34.7 Å². The van der Waals surface area contributed by atoms with Crippen LogP contribution in [0.4, 0.5) is 4.79 Å². The Morgan fingerprint density at radius 3 is 2.36 bits per heavy atom. The molecule has 196 valence electrons. The van der Waals surface area contributed by atoms with Crippen LogP contribution in [0.5, 0.6) is 0 Å². The molecule has 0 aliphatic carbocycles. The van der Waals surface area contributed by atoms with Crippen LogP contribution in [0.1, 0.15) is 72.3 Å². The van der Waals surface area contributed by atoms with E-state index in [0.717, 1.165) is 9.13 Å². The number of carbonyl (C=O) groups excluding carboxylic acids is 1. The van der Waals surface area contributed by atoms with E-state index in [1.165, 1.54) is 0 Å². The number of alkyl carbamates (subject to hydrolysis) is 1. The molecule has 2 aromatic heterocycles. The second-order valence-corrected chi connectivity index (χ2v) is 17.4. The summed E-state index contributed by atoms with van der Waals surface area (Å²) in [6, 6.07) is 9.78. The molecular formula is C26H37IN4O4Si. The van der Waals surface area contributed by atoms with E-state index in [2.05, 4.69) is 71.9 Å². The monoisotopic (exact) mass is 624 g/mol. The minimum absolute atomic E-state index is 0.0430. The summed E-state index contributed by atoms with van der Waals surface area (Å²) in [4.78, 5) is 17.4. The molecule has 1 aromatic carbocycles. The number of aromatic nitrogens is 3. The van der Waals surface area contributed by atoms with Gasteiger partial charge in [-0.1, -0.05) is 38.1 Å². The fourth-order valence-corrected chi connectivity index (χ4v) is 5.10. The molecule has 3 aromatic rings. The number of nitrogens with one attached hydrogen (secondary N) is 1. The zero-order valence-electron chi connectivity index (χ0n) is 22.5. The molecule has 8 nitrogen and oxygen atoms in total. The molecule has 10 heteroatoms. The summed E-state index contributed by atoms with van der Waals surface area (Å²) in [7, 11) is -2.07.